The Labute approximate surface area is 146 Å². The van der Waals surface area contributed by atoms with Crippen LogP contribution in [0.1, 0.15) is 33.0 Å². The first-order valence-corrected chi connectivity index (χ1v) is 9.00. The topological polar surface area (TPSA) is 66.2 Å². The van der Waals surface area contributed by atoms with Gasteiger partial charge < -0.3 is 14.0 Å². The first-order valence-electron chi connectivity index (χ1n) is 8.12. The molecule has 1 aromatic carbocycles. The summed E-state index contributed by atoms with van der Waals surface area (Å²) in [5, 5.41) is 8.86. The highest BCUT2D eigenvalue weighted by molar-refractivity contribution is 8.00. The molecule has 0 saturated heterocycles. The summed E-state index contributed by atoms with van der Waals surface area (Å²) < 4.78 is 12.8. The van der Waals surface area contributed by atoms with E-state index in [2.05, 4.69) is 10.2 Å². The van der Waals surface area contributed by atoms with Gasteiger partial charge in [0.2, 0.25) is 0 Å². The Bertz CT molecular complexity index is 646. The van der Waals surface area contributed by atoms with Gasteiger partial charge in [0.05, 0.1) is 6.61 Å². The number of para-hydroxylation sites is 1. The molecule has 0 bridgehead atoms. The summed E-state index contributed by atoms with van der Waals surface area (Å²) in [5.74, 6) is 1.32. The zero-order valence-electron chi connectivity index (χ0n) is 14.3. The second kappa shape index (κ2) is 9.32. The smallest absolute Gasteiger partial charge is 0.319 e. The van der Waals surface area contributed by atoms with Crippen molar-refractivity contribution >= 4 is 17.7 Å². The Morgan fingerprint density at radius 3 is 2.58 bits per heavy atom. The van der Waals surface area contributed by atoms with E-state index in [-0.39, 0.29) is 11.2 Å². The van der Waals surface area contributed by atoms with Crippen molar-refractivity contribution in [3.8, 4) is 5.75 Å². The maximum atomic E-state index is 12.0. The van der Waals surface area contributed by atoms with Gasteiger partial charge in [0.15, 0.2) is 11.0 Å². The molecule has 0 N–H and O–H groups in total. The summed E-state index contributed by atoms with van der Waals surface area (Å²) in [4.78, 5) is 12.0. The van der Waals surface area contributed by atoms with Crippen LogP contribution in [0.15, 0.2) is 35.5 Å². The Morgan fingerprint density at radius 1 is 1.21 bits per heavy atom. The number of thioether (sulfide) groups is 1. The van der Waals surface area contributed by atoms with E-state index in [0.717, 1.165) is 11.6 Å². The van der Waals surface area contributed by atoms with Crippen LogP contribution in [0.2, 0.25) is 0 Å². The van der Waals surface area contributed by atoms with Crippen LogP contribution in [0.25, 0.3) is 0 Å². The first-order chi connectivity index (χ1) is 11.7. The fourth-order valence-electron chi connectivity index (χ4n) is 2.16. The first kappa shape index (κ1) is 18.3. The Kier molecular flexibility index (Phi) is 7.11. The number of ether oxygens (including phenoxy) is 2. The van der Waals surface area contributed by atoms with Gasteiger partial charge in [-0.15, -0.1) is 10.2 Å². The van der Waals surface area contributed by atoms with E-state index in [1.54, 1.807) is 0 Å². The molecule has 2 rings (SSSR count). The molecular weight excluding hydrogens is 326 g/mol. The fraction of sp³-hybridized carbons (Fsp3) is 0.471. The highest BCUT2D eigenvalue weighted by Gasteiger charge is 2.23. The lowest BCUT2D eigenvalue weighted by molar-refractivity contribution is -0.142. The van der Waals surface area contributed by atoms with Gasteiger partial charge >= 0.3 is 5.97 Å². The SMILES string of the molecule is CCOC(=O)[C@H](CC)Sc1nnc(COc2ccccc2)n1CC. The number of rotatable bonds is 9. The third-order valence-electron chi connectivity index (χ3n) is 3.39. The number of hydrogen-bond acceptors (Lipinski definition) is 6. The van der Waals surface area contributed by atoms with E-state index in [0.29, 0.717) is 31.3 Å². The predicted octanol–water partition coefficient (Wildman–Crippen LogP) is 3.31. The number of nitrogens with zero attached hydrogens (tertiary/aromatic N) is 3. The van der Waals surface area contributed by atoms with Gasteiger partial charge in [-0.3, -0.25) is 4.79 Å². The summed E-state index contributed by atoms with van der Waals surface area (Å²) in [7, 11) is 0. The molecular formula is C17H23N3O3S. The minimum absolute atomic E-state index is 0.210. The van der Waals surface area contributed by atoms with Gasteiger partial charge in [-0.25, -0.2) is 0 Å². The molecule has 1 atom stereocenters. The molecule has 0 radical (unpaired) electrons. The lowest BCUT2D eigenvalue weighted by Crippen LogP contribution is -2.20. The van der Waals surface area contributed by atoms with Gasteiger partial charge in [-0.2, -0.15) is 0 Å². The monoisotopic (exact) mass is 349 g/mol. The normalized spacial score (nSPS) is 12.0. The number of carbonyl (C=O) groups excluding carboxylic acids is 1. The number of esters is 1. The minimum atomic E-state index is -0.276. The summed E-state index contributed by atoms with van der Waals surface area (Å²) in [5.41, 5.74) is 0. The molecule has 7 heteroatoms. The molecule has 0 saturated carbocycles. The van der Waals surface area contributed by atoms with Gasteiger partial charge in [0.1, 0.15) is 17.6 Å². The molecule has 2 aromatic rings. The molecule has 1 heterocycles. The average Bonchev–Trinajstić information content (AvgIpc) is 3.00. The van der Waals surface area contributed by atoms with Crippen molar-refractivity contribution in [2.24, 2.45) is 0 Å². The molecule has 1 aromatic heterocycles. The molecule has 24 heavy (non-hydrogen) atoms. The Morgan fingerprint density at radius 2 is 1.96 bits per heavy atom. The highest BCUT2D eigenvalue weighted by Crippen LogP contribution is 2.26. The van der Waals surface area contributed by atoms with E-state index in [1.807, 2.05) is 55.7 Å². The third kappa shape index (κ3) is 4.74. The van der Waals surface area contributed by atoms with Crippen molar-refractivity contribution in [1.29, 1.82) is 0 Å². The van der Waals surface area contributed by atoms with Crippen molar-refractivity contribution in [3.63, 3.8) is 0 Å². The second-order valence-corrected chi connectivity index (χ2v) is 6.18. The molecule has 0 unspecified atom stereocenters. The fourth-order valence-corrected chi connectivity index (χ4v) is 3.19. The van der Waals surface area contributed by atoms with Crippen molar-refractivity contribution < 1.29 is 14.3 Å². The van der Waals surface area contributed by atoms with Crippen LogP contribution in [-0.2, 0) is 22.7 Å². The number of benzene rings is 1. The standard InChI is InChI=1S/C17H23N3O3S/c1-4-14(16(21)22-6-3)24-17-19-18-15(20(17)5-2)12-23-13-10-8-7-9-11-13/h7-11,14H,4-6,12H2,1-3H3/t14-/m0/s1. The molecule has 0 amide bonds. The van der Waals surface area contributed by atoms with Crippen LogP contribution in [0, 0.1) is 0 Å². The van der Waals surface area contributed by atoms with Crippen LogP contribution >= 0.6 is 11.8 Å². The summed E-state index contributed by atoms with van der Waals surface area (Å²) in [6.07, 6.45) is 0.677. The highest BCUT2D eigenvalue weighted by atomic mass is 32.2. The van der Waals surface area contributed by atoms with Crippen molar-refractivity contribution in [2.75, 3.05) is 6.61 Å². The molecule has 0 spiro atoms. The second-order valence-electron chi connectivity index (χ2n) is 5.01. The molecule has 6 nitrogen and oxygen atoms in total. The van der Waals surface area contributed by atoms with E-state index in [4.69, 9.17) is 9.47 Å². The molecule has 0 fully saturated rings. The Hall–Kier alpha value is -2.02. The van der Waals surface area contributed by atoms with Gasteiger partial charge in [0.25, 0.3) is 0 Å². The van der Waals surface area contributed by atoms with Gasteiger partial charge in [0, 0.05) is 6.54 Å². The lowest BCUT2D eigenvalue weighted by Gasteiger charge is -2.13. The van der Waals surface area contributed by atoms with Crippen LogP contribution < -0.4 is 4.74 Å². The zero-order valence-corrected chi connectivity index (χ0v) is 15.1. The number of aromatic nitrogens is 3. The van der Waals surface area contributed by atoms with E-state index in [9.17, 15) is 4.79 Å². The third-order valence-corrected chi connectivity index (χ3v) is 4.71. The van der Waals surface area contributed by atoms with Gasteiger partial charge in [-0.1, -0.05) is 36.9 Å². The van der Waals surface area contributed by atoms with Gasteiger partial charge in [-0.05, 0) is 32.4 Å². The maximum Gasteiger partial charge on any atom is 0.319 e. The van der Waals surface area contributed by atoms with Crippen LogP contribution in [0.5, 0.6) is 5.75 Å². The largest absolute Gasteiger partial charge is 0.486 e. The quantitative estimate of drug-likeness (QED) is 0.511. The summed E-state index contributed by atoms with van der Waals surface area (Å²) in [6, 6.07) is 9.58. The van der Waals surface area contributed by atoms with E-state index in [1.165, 1.54) is 11.8 Å². The maximum absolute atomic E-state index is 12.0. The van der Waals surface area contributed by atoms with Crippen LogP contribution in [-0.4, -0.2) is 32.6 Å². The molecule has 130 valence electrons. The number of carbonyl (C=O) groups is 1. The molecule has 0 aliphatic heterocycles. The Balaban J connectivity index is 2.06. The average molecular weight is 349 g/mol. The van der Waals surface area contributed by atoms with E-state index < -0.39 is 0 Å². The van der Waals surface area contributed by atoms with Crippen molar-refractivity contribution in [3.05, 3.63) is 36.2 Å². The lowest BCUT2D eigenvalue weighted by atomic mass is 10.3. The summed E-state index contributed by atoms with van der Waals surface area (Å²) >= 11 is 1.39. The van der Waals surface area contributed by atoms with E-state index >= 15 is 0 Å². The predicted molar refractivity (Wildman–Crippen MR) is 93.0 cm³/mol. The van der Waals surface area contributed by atoms with Crippen LogP contribution in [0.4, 0.5) is 0 Å². The van der Waals surface area contributed by atoms with Crippen molar-refractivity contribution in [1.82, 2.24) is 14.8 Å². The number of hydrogen-bond donors (Lipinski definition) is 0. The summed E-state index contributed by atoms with van der Waals surface area (Å²) in [6.45, 7) is 7.21. The minimum Gasteiger partial charge on any atom is -0.486 e. The molecule has 0 aliphatic rings. The van der Waals surface area contributed by atoms with Crippen molar-refractivity contribution in [2.45, 2.75) is 50.8 Å². The molecule has 0 aliphatic carbocycles. The zero-order chi connectivity index (χ0) is 17.4. The van der Waals surface area contributed by atoms with Crippen LogP contribution in [0.3, 0.4) is 0 Å².